The van der Waals surface area contributed by atoms with E-state index in [4.69, 9.17) is 0 Å². The quantitative estimate of drug-likeness (QED) is 0.808. The van der Waals surface area contributed by atoms with Crippen molar-refractivity contribution in [1.29, 1.82) is 0 Å². The highest BCUT2D eigenvalue weighted by molar-refractivity contribution is 7.87. The van der Waals surface area contributed by atoms with E-state index >= 15 is 0 Å². The molecule has 6 heteroatoms. The van der Waals surface area contributed by atoms with Gasteiger partial charge in [-0.25, -0.2) is 0 Å². The topological polar surface area (TPSA) is 55.2 Å². The third-order valence-electron chi connectivity index (χ3n) is 2.68. The number of aromatic nitrogens is 2. The van der Waals surface area contributed by atoms with Crippen molar-refractivity contribution in [3.05, 3.63) is 17.0 Å². The molecule has 0 radical (unpaired) electrons. The van der Waals surface area contributed by atoms with Crippen LogP contribution in [0.4, 0.5) is 0 Å². The van der Waals surface area contributed by atoms with E-state index in [1.54, 1.807) is 6.92 Å². The molecule has 0 aromatic carbocycles. The van der Waals surface area contributed by atoms with E-state index in [9.17, 15) is 8.42 Å². The Morgan fingerprint density at radius 1 is 1.18 bits per heavy atom. The number of aryl methyl sites for hydroxylation is 1. The van der Waals surface area contributed by atoms with Crippen molar-refractivity contribution < 1.29 is 8.42 Å². The first-order valence-electron chi connectivity index (χ1n) is 5.49. The molecule has 1 rings (SSSR count). The van der Waals surface area contributed by atoms with Crippen molar-refractivity contribution in [3.63, 3.8) is 0 Å². The number of rotatable bonds is 2. The lowest BCUT2D eigenvalue weighted by Crippen LogP contribution is -2.30. The van der Waals surface area contributed by atoms with Gasteiger partial charge in [0.25, 0.3) is 0 Å². The van der Waals surface area contributed by atoms with Crippen molar-refractivity contribution in [2.45, 2.75) is 40.0 Å². The highest BCUT2D eigenvalue weighted by Gasteiger charge is 2.28. The van der Waals surface area contributed by atoms with Gasteiger partial charge in [-0.2, -0.15) is 17.8 Å². The minimum atomic E-state index is -3.53. The van der Waals surface area contributed by atoms with Gasteiger partial charge in [0.15, 0.2) is 0 Å². The highest BCUT2D eigenvalue weighted by Crippen LogP contribution is 2.29. The zero-order valence-electron chi connectivity index (χ0n) is 11.6. The molecule has 0 aliphatic heterocycles. The minimum Gasteiger partial charge on any atom is -0.189 e. The minimum absolute atomic E-state index is 0.117. The van der Waals surface area contributed by atoms with E-state index in [0.717, 1.165) is 15.3 Å². The largest absolute Gasteiger partial charge is 0.322 e. The van der Waals surface area contributed by atoms with Gasteiger partial charge in [0.1, 0.15) is 0 Å². The Bertz CT molecular complexity index is 522. The molecule has 1 aromatic rings. The fourth-order valence-corrected chi connectivity index (χ4v) is 3.06. The monoisotopic (exact) mass is 259 g/mol. The normalized spacial score (nSPS) is 13.4. The second-order valence-corrected chi connectivity index (χ2v) is 7.40. The van der Waals surface area contributed by atoms with Crippen LogP contribution in [0.1, 0.15) is 37.7 Å². The average Bonchev–Trinajstić information content (AvgIpc) is 2.40. The zero-order valence-corrected chi connectivity index (χ0v) is 12.4. The summed E-state index contributed by atoms with van der Waals surface area (Å²) < 4.78 is 26.4. The van der Waals surface area contributed by atoms with E-state index in [1.807, 2.05) is 6.92 Å². The Balaban J connectivity index is 3.53. The molecular formula is C11H21N3O2S. The average molecular weight is 259 g/mol. The molecule has 0 aliphatic rings. The molecule has 17 heavy (non-hydrogen) atoms. The summed E-state index contributed by atoms with van der Waals surface area (Å²) in [5, 5.41) is 4.16. The summed E-state index contributed by atoms with van der Waals surface area (Å²) in [6.45, 7) is 9.79. The third kappa shape index (κ3) is 2.37. The van der Waals surface area contributed by atoms with E-state index in [2.05, 4.69) is 25.9 Å². The molecular weight excluding hydrogens is 238 g/mol. The first-order chi connectivity index (χ1) is 7.49. The van der Waals surface area contributed by atoms with Crippen LogP contribution in [0.15, 0.2) is 0 Å². The van der Waals surface area contributed by atoms with Crippen LogP contribution >= 0.6 is 0 Å². The summed E-state index contributed by atoms with van der Waals surface area (Å²) in [6, 6.07) is 0. The van der Waals surface area contributed by atoms with Gasteiger partial charge in [-0.1, -0.05) is 20.8 Å². The Morgan fingerprint density at radius 3 is 1.94 bits per heavy atom. The smallest absolute Gasteiger partial charge is 0.189 e. The molecule has 0 bridgehead atoms. The molecule has 0 unspecified atom stereocenters. The van der Waals surface area contributed by atoms with E-state index in [1.165, 1.54) is 18.4 Å². The molecule has 0 saturated carbocycles. The van der Waals surface area contributed by atoms with Crippen LogP contribution in [0.5, 0.6) is 0 Å². The number of nitrogens with zero attached hydrogens (tertiary/aromatic N) is 3. The van der Waals surface area contributed by atoms with Crippen molar-refractivity contribution in [2.24, 2.45) is 0 Å². The molecule has 0 atom stereocenters. The second-order valence-electron chi connectivity index (χ2n) is 5.43. The van der Waals surface area contributed by atoms with Crippen molar-refractivity contribution >= 4 is 10.2 Å². The van der Waals surface area contributed by atoms with E-state index < -0.39 is 10.2 Å². The fraction of sp³-hybridized carbons (Fsp3) is 0.727. The number of hydrogen-bond acceptors (Lipinski definition) is 3. The van der Waals surface area contributed by atoms with Gasteiger partial charge in [0.2, 0.25) is 0 Å². The maximum absolute atomic E-state index is 12.1. The standard InChI is InChI=1S/C11H21N3O2S/c1-8-10(11(3,4)5)9(2)14(12-8)17(15,16)13(6)7/h1-7H3. The van der Waals surface area contributed by atoms with Gasteiger partial charge in [-0.3, -0.25) is 0 Å². The summed E-state index contributed by atoms with van der Waals surface area (Å²) in [6.07, 6.45) is 0. The van der Waals surface area contributed by atoms with Crippen molar-refractivity contribution in [1.82, 2.24) is 13.5 Å². The van der Waals surface area contributed by atoms with Gasteiger partial charge < -0.3 is 0 Å². The Labute approximate surface area is 104 Å². The lowest BCUT2D eigenvalue weighted by atomic mass is 9.85. The van der Waals surface area contributed by atoms with Gasteiger partial charge in [-0.15, -0.1) is 4.09 Å². The summed E-state index contributed by atoms with van der Waals surface area (Å²) in [4.78, 5) is 0. The molecule has 1 aromatic heterocycles. The lowest BCUT2D eigenvalue weighted by Gasteiger charge is -2.19. The van der Waals surface area contributed by atoms with Crippen LogP contribution in [-0.4, -0.2) is 36.0 Å². The Morgan fingerprint density at radius 2 is 1.65 bits per heavy atom. The van der Waals surface area contributed by atoms with Crippen LogP contribution in [0.2, 0.25) is 0 Å². The summed E-state index contributed by atoms with van der Waals surface area (Å²) in [7, 11) is -0.526. The molecule has 0 amide bonds. The Kier molecular flexibility index (Phi) is 3.42. The van der Waals surface area contributed by atoms with Crippen LogP contribution in [0.3, 0.4) is 0 Å². The lowest BCUT2D eigenvalue weighted by molar-refractivity contribution is 0.501. The summed E-state index contributed by atoms with van der Waals surface area (Å²) in [5.74, 6) is 0. The first kappa shape index (κ1) is 14.2. The van der Waals surface area contributed by atoms with Crippen LogP contribution in [0.25, 0.3) is 0 Å². The molecule has 0 saturated heterocycles. The molecule has 1 heterocycles. The predicted molar refractivity (Wildman–Crippen MR) is 68.4 cm³/mol. The molecule has 0 N–H and O–H groups in total. The van der Waals surface area contributed by atoms with Crippen LogP contribution < -0.4 is 0 Å². The van der Waals surface area contributed by atoms with Crippen LogP contribution in [0, 0.1) is 13.8 Å². The van der Waals surface area contributed by atoms with Gasteiger partial charge in [0.05, 0.1) is 11.4 Å². The number of hydrogen-bond donors (Lipinski definition) is 0. The summed E-state index contributed by atoms with van der Waals surface area (Å²) >= 11 is 0. The second kappa shape index (κ2) is 4.10. The zero-order chi connectivity index (χ0) is 13.6. The summed E-state index contributed by atoms with van der Waals surface area (Å²) in [5.41, 5.74) is 2.32. The molecule has 0 fully saturated rings. The Hall–Kier alpha value is -0.880. The van der Waals surface area contributed by atoms with E-state index in [0.29, 0.717) is 5.69 Å². The maximum Gasteiger partial charge on any atom is 0.322 e. The van der Waals surface area contributed by atoms with Gasteiger partial charge >= 0.3 is 10.2 Å². The van der Waals surface area contributed by atoms with Crippen molar-refractivity contribution in [2.75, 3.05) is 14.1 Å². The molecule has 0 spiro atoms. The maximum atomic E-state index is 12.1. The van der Waals surface area contributed by atoms with Crippen molar-refractivity contribution in [3.8, 4) is 0 Å². The fourth-order valence-electron chi connectivity index (χ4n) is 2.08. The van der Waals surface area contributed by atoms with Gasteiger partial charge in [-0.05, 0) is 19.3 Å². The van der Waals surface area contributed by atoms with Crippen LogP contribution in [-0.2, 0) is 15.6 Å². The molecule has 5 nitrogen and oxygen atoms in total. The van der Waals surface area contributed by atoms with E-state index in [-0.39, 0.29) is 5.41 Å². The SMILES string of the molecule is Cc1nn(S(=O)(=O)N(C)C)c(C)c1C(C)(C)C. The highest BCUT2D eigenvalue weighted by atomic mass is 32.2. The van der Waals surface area contributed by atoms with Gasteiger partial charge in [0, 0.05) is 19.7 Å². The molecule has 0 aliphatic carbocycles. The predicted octanol–water partition coefficient (Wildman–Crippen LogP) is 1.45. The first-order valence-corrected chi connectivity index (χ1v) is 6.89. The molecule has 98 valence electrons. The third-order valence-corrected chi connectivity index (χ3v) is 4.40.